The number of halogens is 1. The molecule has 0 aliphatic rings. The highest BCUT2D eigenvalue weighted by molar-refractivity contribution is 9.10. The minimum Gasteiger partial charge on any atom is -0.478 e. The van der Waals surface area contributed by atoms with Crippen LogP contribution < -0.4 is 10.6 Å². The van der Waals surface area contributed by atoms with Gasteiger partial charge in [0.15, 0.2) is 0 Å². The maximum Gasteiger partial charge on any atom is 0.335 e. The fraction of sp³-hybridized carbons (Fsp3) is 0.0667. The van der Waals surface area contributed by atoms with Crippen molar-refractivity contribution in [2.45, 2.75) is 6.92 Å². The van der Waals surface area contributed by atoms with Crippen LogP contribution in [0.2, 0.25) is 0 Å². The van der Waals surface area contributed by atoms with Gasteiger partial charge in [0.2, 0.25) is 0 Å². The largest absolute Gasteiger partial charge is 0.478 e. The fourth-order valence-corrected chi connectivity index (χ4v) is 1.99. The van der Waals surface area contributed by atoms with Crippen LogP contribution >= 0.6 is 15.9 Å². The molecule has 0 atom stereocenters. The molecule has 0 unspecified atom stereocenters. The Morgan fingerprint density at radius 3 is 2.33 bits per heavy atom. The summed E-state index contributed by atoms with van der Waals surface area (Å²) in [5.41, 5.74) is 2.19. The third-order valence-electron chi connectivity index (χ3n) is 2.78. The summed E-state index contributed by atoms with van der Waals surface area (Å²) in [7, 11) is 0. The van der Waals surface area contributed by atoms with E-state index in [1.807, 2.05) is 19.1 Å². The number of hydrogen-bond acceptors (Lipinski definition) is 2. The van der Waals surface area contributed by atoms with E-state index in [4.69, 9.17) is 5.11 Å². The first-order valence-electron chi connectivity index (χ1n) is 6.13. The van der Waals surface area contributed by atoms with E-state index in [9.17, 15) is 9.59 Å². The summed E-state index contributed by atoms with van der Waals surface area (Å²) in [5, 5.41) is 14.2. The Hall–Kier alpha value is -2.34. The highest BCUT2D eigenvalue weighted by atomic mass is 79.9. The lowest BCUT2D eigenvalue weighted by Crippen LogP contribution is -2.19. The molecule has 2 rings (SSSR count). The molecule has 3 N–H and O–H groups in total. The topological polar surface area (TPSA) is 78.4 Å². The highest BCUT2D eigenvalue weighted by Crippen LogP contribution is 2.20. The minimum absolute atomic E-state index is 0.118. The molecule has 5 nitrogen and oxygen atoms in total. The number of carboxylic acid groups (broad SMARTS) is 1. The number of amides is 2. The van der Waals surface area contributed by atoms with Gasteiger partial charge in [-0.2, -0.15) is 0 Å². The van der Waals surface area contributed by atoms with Gasteiger partial charge in [0, 0.05) is 15.8 Å². The molecule has 0 spiro atoms. The molecule has 6 heteroatoms. The first-order chi connectivity index (χ1) is 9.95. The third kappa shape index (κ3) is 4.06. The summed E-state index contributed by atoms with van der Waals surface area (Å²) in [6, 6.07) is 11.1. The lowest BCUT2D eigenvalue weighted by atomic mass is 10.2. The van der Waals surface area contributed by atoms with Crippen LogP contribution in [-0.2, 0) is 0 Å². The number of aryl methyl sites for hydroxylation is 1. The highest BCUT2D eigenvalue weighted by Gasteiger charge is 2.07. The number of urea groups is 1. The maximum atomic E-state index is 11.9. The first-order valence-corrected chi connectivity index (χ1v) is 6.92. The van der Waals surface area contributed by atoms with Crippen LogP contribution in [0.25, 0.3) is 0 Å². The number of carbonyl (C=O) groups excluding carboxylic acids is 1. The molecule has 0 radical (unpaired) electrons. The van der Waals surface area contributed by atoms with Gasteiger partial charge in [0.05, 0.1) is 5.56 Å². The van der Waals surface area contributed by atoms with Crippen molar-refractivity contribution < 1.29 is 14.7 Å². The standard InChI is InChI=1S/C15H13BrN2O3/c1-9-7-12(5-6-13(9)16)18-15(21)17-11-4-2-3-10(8-11)14(19)20/h2-8H,1H3,(H,19,20)(H2,17,18,21). The number of nitrogens with one attached hydrogen (secondary N) is 2. The molecule has 0 aromatic heterocycles. The molecular weight excluding hydrogens is 336 g/mol. The van der Waals surface area contributed by atoms with E-state index in [1.54, 1.807) is 18.2 Å². The molecule has 2 amide bonds. The molecule has 0 aliphatic heterocycles. The monoisotopic (exact) mass is 348 g/mol. The first kappa shape index (κ1) is 15.1. The molecule has 2 aromatic carbocycles. The molecule has 0 fully saturated rings. The molecule has 0 aliphatic carbocycles. The Labute approximate surface area is 130 Å². The molecule has 0 saturated heterocycles. The van der Waals surface area contributed by atoms with Crippen molar-refractivity contribution >= 4 is 39.3 Å². The van der Waals surface area contributed by atoms with Crippen LogP contribution in [0.15, 0.2) is 46.9 Å². The summed E-state index contributed by atoms with van der Waals surface area (Å²) < 4.78 is 0.961. The molecule has 108 valence electrons. The number of anilines is 2. The summed E-state index contributed by atoms with van der Waals surface area (Å²) in [5.74, 6) is -1.04. The third-order valence-corrected chi connectivity index (χ3v) is 3.67. The van der Waals surface area contributed by atoms with E-state index in [2.05, 4.69) is 26.6 Å². The van der Waals surface area contributed by atoms with Gasteiger partial charge in [0.25, 0.3) is 0 Å². The lowest BCUT2D eigenvalue weighted by molar-refractivity contribution is 0.0697. The van der Waals surface area contributed by atoms with Crippen molar-refractivity contribution in [2.24, 2.45) is 0 Å². The normalized spacial score (nSPS) is 10.0. The number of benzene rings is 2. The SMILES string of the molecule is Cc1cc(NC(=O)Nc2cccc(C(=O)O)c2)ccc1Br. The number of rotatable bonds is 3. The molecular formula is C15H13BrN2O3. The smallest absolute Gasteiger partial charge is 0.335 e. The van der Waals surface area contributed by atoms with Crippen molar-refractivity contribution in [3.63, 3.8) is 0 Å². The Balaban J connectivity index is 2.06. The Bertz CT molecular complexity index is 701. The zero-order valence-electron chi connectivity index (χ0n) is 11.2. The van der Waals surface area contributed by atoms with E-state index in [0.717, 1.165) is 10.0 Å². The second kappa shape index (κ2) is 6.41. The van der Waals surface area contributed by atoms with Crippen LogP contribution in [-0.4, -0.2) is 17.1 Å². The van der Waals surface area contributed by atoms with Crippen LogP contribution in [0, 0.1) is 6.92 Å². The molecule has 0 saturated carbocycles. The van der Waals surface area contributed by atoms with Gasteiger partial charge in [-0.1, -0.05) is 22.0 Å². The van der Waals surface area contributed by atoms with Crippen molar-refractivity contribution in [3.05, 3.63) is 58.1 Å². The quantitative estimate of drug-likeness (QED) is 0.781. The number of hydrogen-bond donors (Lipinski definition) is 3. The minimum atomic E-state index is -1.04. The van der Waals surface area contributed by atoms with Gasteiger partial charge >= 0.3 is 12.0 Å². The van der Waals surface area contributed by atoms with Crippen molar-refractivity contribution in [1.29, 1.82) is 0 Å². The summed E-state index contributed by atoms with van der Waals surface area (Å²) in [6.45, 7) is 1.92. The fourth-order valence-electron chi connectivity index (χ4n) is 1.75. The average molecular weight is 349 g/mol. The van der Waals surface area contributed by atoms with Gasteiger partial charge in [-0.3, -0.25) is 0 Å². The van der Waals surface area contributed by atoms with Crippen molar-refractivity contribution in [1.82, 2.24) is 0 Å². The van der Waals surface area contributed by atoms with Crippen molar-refractivity contribution in [2.75, 3.05) is 10.6 Å². The van der Waals surface area contributed by atoms with E-state index in [-0.39, 0.29) is 5.56 Å². The summed E-state index contributed by atoms with van der Waals surface area (Å²) >= 11 is 3.39. The Morgan fingerprint density at radius 2 is 1.71 bits per heavy atom. The molecule has 21 heavy (non-hydrogen) atoms. The van der Waals surface area contributed by atoms with E-state index in [0.29, 0.717) is 11.4 Å². The molecule has 0 heterocycles. The van der Waals surface area contributed by atoms with E-state index >= 15 is 0 Å². The molecule has 2 aromatic rings. The predicted molar refractivity (Wildman–Crippen MR) is 84.9 cm³/mol. The van der Waals surface area contributed by atoms with E-state index < -0.39 is 12.0 Å². The van der Waals surface area contributed by atoms with Gasteiger partial charge in [-0.05, 0) is 48.9 Å². The predicted octanol–water partition coefficient (Wildman–Crippen LogP) is 4.10. The second-order valence-corrected chi connectivity index (χ2v) is 5.28. The van der Waals surface area contributed by atoms with Crippen LogP contribution in [0.5, 0.6) is 0 Å². The number of carboxylic acids is 1. The van der Waals surface area contributed by atoms with Gasteiger partial charge in [0.1, 0.15) is 0 Å². The lowest BCUT2D eigenvalue weighted by Gasteiger charge is -2.09. The summed E-state index contributed by atoms with van der Waals surface area (Å²) in [4.78, 5) is 22.7. The Morgan fingerprint density at radius 1 is 1.05 bits per heavy atom. The van der Waals surface area contributed by atoms with Gasteiger partial charge < -0.3 is 15.7 Å². The number of carbonyl (C=O) groups is 2. The maximum absolute atomic E-state index is 11.9. The van der Waals surface area contributed by atoms with Gasteiger partial charge in [-0.15, -0.1) is 0 Å². The summed E-state index contributed by atoms with van der Waals surface area (Å²) in [6.07, 6.45) is 0. The second-order valence-electron chi connectivity index (χ2n) is 4.43. The average Bonchev–Trinajstić information content (AvgIpc) is 2.43. The zero-order valence-corrected chi connectivity index (χ0v) is 12.8. The molecule has 0 bridgehead atoms. The van der Waals surface area contributed by atoms with Gasteiger partial charge in [-0.25, -0.2) is 9.59 Å². The zero-order chi connectivity index (χ0) is 15.4. The van der Waals surface area contributed by atoms with Crippen LogP contribution in [0.1, 0.15) is 15.9 Å². The van der Waals surface area contributed by atoms with Crippen LogP contribution in [0.3, 0.4) is 0 Å². The number of aromatic carboxylic acids is 1. The van der Waals surface area contributed by atoms with E-state index in [1.165, 1.54) is 12.1 Å². The Kier molecular flexibility index (Phi) is 4.59. The van der Waals surface area contributed by atoms with Crippen molar-refractivity contribution in [3.8, 4) is 0 Å². The van der Waals surface area contributed by atoms with Crippen LogP contribution in [0.4, 0.5) is 16.2 Å².